The van der Waals surface area contributed by atoms with Gasteiger partial charge in [0.2, 0.25) is 0 Å². The summed E-state index contributed by atoms with van der Waals surface area (Å²) in [6, 6.07) is 0. The predicted molar refractivity (Wildman–Crippen MR) is 0 cm³/mol. The Balaban J connectivity index is 0. The van der Waals surface area contributed by atoms with Gasteiger partial charge in [-0.3, -0.25) is 0 Å². The van der Waals surface area contributed by atoms with E-state index in [1.54, 1.807) is 0 Å². The molecule has 0 aromatic rings. The summed E-state index contributed by atoms with van der Waals surface area (Å²) in [6.45, 7) is 0. The van der Waals surface area contributed by atoms with Crippen LogP contribution in [0.3, 0.4) is 0 Å². The standard InChI is InChI=1S/3Gd.Ni. The first-order valence-electron chi connectivity index (χ1n) is 0. The van der Waals surface area contributed by atoms with Gasteiger partial charge in [0.05, 0.1) is 0 Å². The zero-order chi connectivity index (χ0) is 0. The summed E-state index contributed by atoms with van der Waals surface area (Å²) in [4.78, 5) is 0. The van der Waals surface area contributed by atoms with Crippen molar-refractivity contribution in [1.29, 1.82) is 0 Å². The second kappa shape index (κ2) is 15.7. The third kappa shape index (κ3) is 9.69. The van der Waals surface area contributed by atoms with E-state index in [2.05, 4.69) is 0 Å². The number of hydrogen-bond donors (Lipinski definition) is 0. The molecule has 0 unspecified atom stereocenters. The summed E-state index contributed by atoms with van der Waals surface area (Å²) < 4.78 is 0. The van der Waals surface area contributed by atoms with Crippen LogP contribution in [-0.2, 0) is 16.5 Å². The van der Waals surface area contributed by atoms with E-state index in [0.717, 1.165) is 0 Å². The van der Waals surface area contributed by atoms with Crippen molar-refractivity contribution in [3.63, 3.8) is 0 Å². The van der Waals surface area contributed by atoms with Gasteiger partial charge in [0.1, 0.15) is 0 Å². The van der Waals surface area contributed by atoms with E-state index in [-0.39, 0.29) is 136 Å². The van der Waals surface area contributed by atoms with E-state index < -0.39 is 0 Å². The van der Waals surface area contributed by atoms with Crippen molar-refractivity contribution in [1.82, 2.24) is 0 Å². The normalized spacial score (nSPS) is 0. The molecule has 0 aromatic heterocycles. The Kier molecular flexibility index (Phi) is 92.6. The van der Waals surface area contributed by atoms with Crippen LogP contribution in [0.2, 0.25) is 0 Å². The average Bonchev–Trinajstić information content (AvgIpc) is 0. The molecule has 0 fully saturated rings. The van der Waals surface area contributed by atoms with Crippen molar-refractivity contribution in [2.45, 2.75) is 0 Å². The van der Waals surface area contributed by atoms with Gasteiger partial charge in [-0.2, -0.15) is 0 Å². The molecule has 0 spiro atoms. The van der Waals surface area contributed by atoms with Gasteiger partial charge in [-0.05, 0) is 0 Å². The van der Waals surface area contributed by atoms with E-state index in [1.807, 2.05) is 0 Å². The molecule has 0 rings (SSSR count). The SMILES string of the molecule is [Gd].[Gd].[Gd].[Ni]. The molecule has 0 aliphatic heterocycles. The minimum absolute atomic E-state index is 0. The van der Waals surface area contributed by atoms with Crippen LogP contribution in [0.5, 0.6) is 0 Å². The summed E-state index contributed by atoms with van der Waals surface area (Å²) in [5.74, 6) is 0. The molecule has 0 heterocycles. The van der Waals surface area contributed by atoms with Gasteiger partial charge in [0.15, 0.2) is 0 Å². The van der Waals surface area contributed by atoms with Crippen LogP contribution < -0.4 is 0 Å². The van der Waals surface area contributed by atoms with Crippen LogP contribution in [0.1, 0.15) is 0 Å². The van der Waals surface area contributed by atoms with E-state index in [4.69, 9.17) is 0 Å². The van der Waals surface area contributed by atoms with Gasteiger partial charge >= 0.3 is 0 Å². The Morgan fingerprint density at radius 2 is 0.500 bits per heavy atom. The summed E-state index contributed by atoms with van der Waals surface area (Å²) in [7, 11) is 0. The molecule has 4 heavy (non-hydrogen) atoms. The van der Waals surface area contributed by atoms with E-state index >= 15 is 0 Å². The second-order valence-electron chi connectivity index (χ2n) is 0. The zero-order valence-corrected chi connectivity index (χ0v) is 9.17. The van der Waals surface area contributed by atoms with Crippen LogP contribution in [0.15, 0.2) is 0 Å². The van der Waals surface area contributed by atoms with Crippen molar-refractivity contribution in [3.05, 3.63) is 0 Å². The molecule has 34 valence electrons. The third-order valence-corrected chi connectivity index (χ3v) is 0. The van der Waals surface area contributed by atoms with Crippen molar-refractivity contribution >= 4 is 0 Å². The fourth-order valence-corrected chi connectivity index (χ4v) is 0. The Hall–Kier alpha value is 4.47. The van der Waals surface area contributed by atoms with E-state index in [0.29, 0.717) is 0 Å². The number of rotatable bonds is 0. The molecule has 0 aliphatic rings. The molecule has 0 atom stereocenters. The second-order valence-corrected chi connectivity index (χ2v) is 0. The summed E-state index contributed by atoms with van der Waals surface area (Å²) >= 11 is 0. The van der Waals surface area contributed by atoms with E-state index in [1.165, 1.54) is 0 Å². The van der Waals surface area contributed by atoms with Crippen molar-refractivity contribution < 1.29 is 136 Å². The van der Waals surface area contributed by atoms with Crippen LogP contribution in [-0.4, -0.2) is 0 Å². The first kappa shape index (κ1) is 23.7. The van der Waals surface area contributed by atoms with Gasteiger partial charge in [0.25, 0.3) is 0 Å². The summed E-state index contributed by atoms with van der Waals surface area (Å²) in [5, 5.41) is 0. The van der Waals surface area contributed by atoms with Gasteiger partial charge in [-0.1, -0.05) is 0 Å². The summed E-state index contributed by atoms with van der Waals surface area (Å²) in [6.07, 6.45) is 0. The monoisotopic (exact) mass is 532 g/mol. The van der Waals surface area contributed by atoms with Crippen molar-refractivity contribution in [2.75, 3.05) is 0 Å². The van der Waals surface area contributed by atoms with Crippen molar-refractivity contribution in [3.8, 4) is 0 Å². The molecule has 0 N–H and O–H groups in total. The maximum absolute atomic E-state index is 0. The summed E-state index contributed by atoms with van der Waals surface area (Å²) in [5.41, 5.74) is 0. The quantitative estimate of drug-likeness (QED) is 0.387. The minimum atomic E-state index is 0. The van der Waals surface area contributed by atoms with Gasteiger partial charge in [-0.25, -0.2) is 0 Å². The van der Waals surface area contributed by atoms with Gasteiger partial charge in [-0.15, -0.1) is 0 Å². The maximum Gasteiger partial charge on any atom is 0 e. The molecule has 0 amide bonds. The fraction of sp³-hybridized carbons (Fsp3) is 0. The van der Waals surface area contributed by atoms with Crippen LogP contribution >= 0.6 is 0 Å². The molecule has 0 nitrogen and oxygen atoms in total. The molecule has 4 heteroatoms. The molecule has 0 aromatic carbocycles. The van der Waals surface area contributed by atoms with Crippen LogP contribution in [0, 0.1) is 120 Å². The first-order valence-corrected chi connectivity index (χ1v) is 0. The van der Waals surface area contributed by atoms with E-state index in [9.17, 15) is 0 Å². The van der Waals surface area contributed by atoms with Crippen molar-refractivity contribution in [2.24, 2.45) is 0 Å². The molecular formula is Gd3Ni. The minimum Gasteiger partial charge on any atom is 0 e. The zero-order valence-electron chi connectivity index (χ0n) is 1.38. The molecule has 0 radical (unpaired) electrons. The third-order valence-electron chi connectivity index (χ3n) is 0. The van der Waals surface area contributed by atoms with Gasteiger partial charge in [0, 0.05) is 136 Å². The Morgan fingerprint density at radius 3 is 0.500 bits per heavy atom. The molecule has 0 saturated heterocycles. The fourth-order valence-electron chi connectivity index (χ4n) is 0. The molecule has 0 aliphatic carbocycles. The molecule has 0 bridgehead atoms. The Labute approximate surface area is 132 Å². The van der Waals surface area contributed by atoms with Crippen LogP contribution in [0.25, 0.3) is 0 Å². The predicted octanol–water partition coefficient (Wildman–Crippen LogP) is -0.00250. The maximum atomic E-state index is 0. The average molecular weight is 530 g/mol. The Morgan fingerprint density at radius 1 is 0.500 bits per heavy atom. The van der Waals surface area contributed by atoms with Gasteiger partial charge < -0.3 is 0 Å². The molecular weight excluding hydrogens is 530 g/mol. The van der Waals surface area contributed by atoms with Crippen LogP contribution in [0.4, 0.5) is 0 Å². The smallest absolute Gasteiger partial charge is 0 e. The topological polar surface area (TPSA) is 0 Å². The largest absolute Gasteiger partial charge is 0 e. The Bertz CT molecular complexity index is 3.25. The number of hydrogen-bond acceptors (Lipinski definition) is 0. The molecule has 0 saturated carbocycles. The first-order chi connectivity index (χ1) is 0.